The van der Waals surface area contributed by atoms with Crippen molar-refractivity contribution in [1.29, 1.82) is 0 Å². The molecule has 24 heavy (non-hydrogen) atoms. The first-order valence-electron chi connectivity index (χ1n) is 7.61. The van der Waals surface area contributed by atoms with Gasteiger partial charge in [0.1, 0.15) is 18.1 Å². The number of nitrogens with one attached hydrogen (secondary N) is 3. The van der Waals surface area contributed by atoms with E-state index in [1.807, 2.05) is 0 Å². The van der Waals surface area contributed by atoms with Gasteiger partial charge in [-0.1, -0.05) is 20.3 Å². The highest BCUT2D eigenvalue weighted by molar-refractivity contribution is 5.93. The Morgan fingerprint density at radius 3 is 2.04 bits per heavy atom. The van der Waals surface area contributed by atoms with Gasteiger partial charge < -0.3 is 31.9 Å². The summed E-state index contributed by atoms with van der Waals surface area (Å²) in [7, 11) is 0. The number of carbonyl (C=O) groups excluding carboxylic acids is 3. The molecule has 138 valence electrons. The number of aliphatic carboxylic acids is 1. The number of carboxylic acids is 1. The van der Waals surface area contributed by atoms with Crippen molar-refractivity contribution in [2.75, 3.05) is 13.2 Å². The Bertz CT molecular complexity index is 470. The smallest absolute Gasteiger partial charge is 0.328 e. The fourth-order valence-electron chi connectivity index (χ4n) is 1.79. The molecule has 10 nitrogen and oxygen atoms in total. The Balaban J connectivity index is 5.00. The number of rotatable bonds is 10. The molecule has 0 aliphatic heterocycles. The lowest BCUT2D eigenvalue weighted by atomic mass is 9.97. The molecule has 4 atom stereocenters. The largest absolute Gasteiger partial charge is 0.480 e. The van der Waals surface area contributed by atoms with Crippen LogP contribution in [0.4, 0.5) is 0 Å². The number of carboxylic acid groups (broad SMARTS) is 1. The van der Waals surface area contributed by atoms with Crippen LogP contribution in [0.3, 0.4) is 0 Å². The van der Waals surface area contributed by atoms with E-state index in [2.05, 4.69) is 16.0 Å². The van der Waals surface area contributed by atoms with Gasteiger partial charge in [0.15, 0.2) is 0 Å². The summed E-state index contributed by atoms with van der Waals surface area (Å²) >= 11 is 0. The fraction of sp³-hybridized carbons (Fsp3) is 0.714. The van der Waals surface area contributed by atoms with Crippen molar-refractivity contribution in [3.05, 3.63) is 0 Å². The average molecular weight is 346 g/mol. The summed E-state index contributed by atoms with van der Waals surface area (Å²) in [5, 5.41) is 24.9. The van der Waals surface area contributed by atoms with E-state index in [9.17, 15) is 19.2 Å². The molecule has 0 saturated carbocycles. The van der Waals surface area contributed by atoms with Crippen molar-refractivity contribution in [2.24, 2.45) is 11.7 Å². The number of hydrogen-bond donors (Lipinski definition) is 6. The van der Waals surface area contributed by atoms with Gasteiger partial charge >= 0.3 is 5.97 Å². The number of aliphatic hydroxyl groups is 1. The molecule has 0 aromatic carbocycles. The van der Waals surface area contributed by atoms with Gasteiger partial charge in [0.05, 0.1) is 13.2 Å². The molecule has 3 amide bonds. The van der Waals surface area contributed by atoms with E-state index in [4.69, 9.17) is 15.9 Å². The molecular formula is C14H26N4O6. The minimum absolute atomic E-state index is 0.274. The Hall–Kier alpha value is -2.20. The van der Waals surface area contributed by atoms with Crippen LogP contribution >= 0.6 is 0 Å². The minimum Gasteiger partial charge on any atom is -0.480 e. The zero-order chi connectivity index (χ0) is 18.9. The molecule has 0 heterocycles. The van der Waals surface area contributed by atoms with Crippen molar-refractivity contribution in [3.8, 4) is 0 Å². The first-order chi connectivity index (χ1) is 11.2. The van der Waals surface area contributed by atoms with Gasteiger partial charge in [0, 0.05) is 0 Å². The maximum atomic E-state index is 12.2. The summed E-state index contributed by atoms with van der Waals surface area (Å²) in [6, 6.07) is -3.38. The van der Waals surface area contributed by atoms with Crippen molar-refractivity contribution in [1.82, 2.24) is 16.0 Å². The van der Waals surface area contributed by atoms with Crippen molar-refractivity contribution < 1.29 is 29.4 Å². The van der Waals surface area contributed by atoms with Crippen LogP contribution in [0.5, 0.6) is 0 Å². The van der Waals surface area contributed by atoms with Crippen LogP contribution in [0, 0.1) is 5.92 Å². The quantitative estimate of drug-likeness (QED) is 0.255. The van der Waals surface area contributed by atoms with Crippen LogP contribution in [-0.4, -0.2) is 65.2 Å². The highest BCUT2D eigenvalue weighted by Crippen LogP contribution is 2.09. The van der Waals surface area contributed by atoms with Gasteiger partial charge in [0.2, 0.25) is 17.7 Å². The van der Waals surface area contributed by atoms with Gasteiger partial charge in [-0.3, -0.25) is 14.4 Å². The SMILES string of the molecule is CCC(C)C(NC(=O)C(C)NC(=O)CN)C(=O)NC(CO)C(=O)O. The molecule has 4 unspecified atom stereocenters. The molecule has 0 fully saturated rings. The first kappa shape index (κ1) is 21.8. The molecular weight excluding hydrogens is 320 g/mol. The van der Waals surface area contributed by atoms with E-state index >= 15 is 0 Å². The first-order valence-corrected chi connectivity index (χ1v) is 7.61. The van der Waals surface area contributed by atoms with Crippen LogP contribution in [0.15, 0.2) is 0 Å². The van der Waals surface area contributed by atoms with E-state index in [0.29, 0.717) is 6.42 Å². The average Bonchev–Trinajstić information content (AvgIpc) is 2.55. The second-order valence-corrected chi connectivity index (χ2v) is 5.45. The molecule has 0 radical (unpaired) electrons. The Morgan fingerprint density at radius 1 is 1.04 bits per heavy atom. The van der Waals surface area contributed by atoms with Crippen LogP contribution in [0.1, 0.15) is 27.2 Å². The summed E-state index contributed by atoms with van der Waals surface area (Å²) < 4.78 is 0. The Kier molecular flexibility index (Phi) is 9.58. The van der Waals surface area contributed by atoms with Crippen LogP contribution in [-0.2, 0) is 19.2 Å². The minimum atomic E-state index is -1.46. The molecule has 0 spiro atoms. The number of carbonyl (C=O) groups is 4. The number of amides is 3. The Morgan fingerprint density at radius 2 is 1.62 bits per heavy atom. The highest BCUT2D eigenvalue weighted by Gasteiger charge is 2.30. The molecule has 0 aliphatic carbocycles. The summed E-state index contributed by atoms with van der Waals surface area (Å²) in [6.07, 6.45) is 0.540. The van der Waals surface area contributed by atoms with Gasteiger partial charge in [-0.15, -0.1) is 0 Å². The summed E-state index contributed by atoms with van der Waals surface area (Å²) in [4.78, 5) is 46.5. The molecule has 0 aliphatic rings. The van der Waals surface area contributed by atoms with Crippen molar-refractivity contribution in [2.45, 2.75) is 45.3 Å². The van der Waals surface area contributed by atoms with E-state index in [0.717, 1.165) is 0 Å². The van der Waals surface area contributed by atoms with Crippen LogP contribution in [0.2, 0.25) is 0 Å². The van der Waals surface area contributed by atoms with E-state index < -0.39 is 48.4 Å². The molecule has 10 heteroatoms. The molecule has 0 aromatic rings. The normalized spacial score (nSPS) is 15.5. The van der Waals surface area contributed by atoms with Crippen molar-refractivity contribution >= 4 is 23.7 Å². The number of nitrogens with two attached hydrogens (primary N) is 1. The number of hydrogen-bond acceptors (Lipinski definition) is 6. The second-order valence-electron chi connectivity index (χ2n) is 5.45. The fourth-order valence-corrected chi connectivity index (χ4v) is 1.79. The van der Waals surface area contributed by atoms with E-state index in [-0.39, 0.29) is 12.5 Å². The Labute approximate surface area is 140 Å². The van der Waals surface area contributed by atoms with Gasteiger partial charge in [-0.25, -0.2) is 4.79 Å². The highest BCUT2D eigenvalue weighted by atomic mass is 16.4. The summed E-state index contributed by atoms with van der Waals surface area (Å²) in [5.41, 5.74) is 5.15. The molecule has 0 bridgehead atoms. The predicted octanol–water partition coefficient (Wildman–Crippen LogP) is -2.46. The lowest BCUT2D eigenvalue weighted by Crippen LogP contribution is -2.57. The molecule has 0 saturated heterocycles. The zero-order valence-corrected chi connectivity index (χ0v) is 14.0. The lowest BCUT2D eigenvalue weighted by molar-refractivity contribution is -0.143. The maximum absolute atomic E-state index is 12.2. The predicted molar refractivity (Wildman–Crippen MR) is 84.7 cm³/mol. The van der Waals surface area contributed by atoms with Gasteiger partial charge in [0.25, 0.3) is 0 Å². The van der Waals surface area contributed by atoms with Gasteiger partial charge in [-0.05, 0) is 12.8 Å². The topological polar surface area (TPSA) is 171 Å². The molecule has 7 N–H and O–H groups in total. The second kappa shape index (κ2) is 10.6. The van der Waals surface area contributed by atoms with E-state index in [1.165, 1.54) is 6.92 Å². The van der Waals surface area contributed by atoms with Gasteiger partial charge in [-0.2, -0.15) is 0 Å². The van der Waals surface area contributed by atoms with E-state index in [1.54, 1.807) is 13.8 Å². The summed E-state index contributed by atoms with van der Waals surface area (Å²) in [6.45, 7) is 3.90. The number of aliphatic hydroxyl groups excluding tert-OH is 1. The monoisotopic (exact) mass is 346 g/mol. The lowest BCUT2D eigenvalue weighted by Gasteiger charge is -2.26. The standard InChI is InChI=1S/C14H26N4O6/c1-4-7(2)11(13(22)17-9(6-19)14(23)24)18-12(21)8(3)16-10(20)5-15/h7-9,11,19H,4-6,15H2,1-3H3,(H,16,20)(H,17,22)(H,18,21)(H,23,24). The van der Waals surface area contributed by atoms with Crippen molar-refractivity contribution in [3.63, 3.8) is 0 Å². The zero-order valence-electron chi connectivity index (χ0n) is 14.0. The molecule has 0 aromatic heterocycles. The maximum Gasteiger partial charge on any atom is 0.328 e. The third-order valence-electron chi connectivity index (χ3n) is 3.55. The summed E-state index contributed by atoms with van der Waals surface area (Å²) in [5.74, 6) is -3.53. The molecule has 0 rings (SSSR count). The third kappa shape index (κ3) is 6.92. The van der Waals surface area contributed by atoms with Crippen LogP contribution in [0.25, 0.3) is 0 Å². The van der Waals surface area contributed by atoms with Crippen LogP contribution < -0.4 is 21.7 Å². The third-order valence-corrected chi connectivity index (χ3v) is 3.55.